The quantitative estimate of drug-likeness (QED) is 0.481. The summed E-state index contributed by atoms with van der Waals surface area (Å²) in [6.07, 6.45) is 2.96. The van der Waals surface area contributed by atoms with Crippen molar-refractivity contribution in [1.82, 2.24) is 9.34 Å². The number of rotatable bonds is 9. The third-order valence-electron chi connectivity index (χ3n) is 3.38. The maximum absolute atomic E-state index is 13.3. The van der Waals surface area contributed by atoms with Gasteiger partial charge in [-0.2, -0.15) is 0 Å². The fourth-order valence-electron chi connectivity index (χ4n) is 2.47. The monoisotopic (exact) mass is 320 g/mol. The van der Waals surface area contributed by atoms with Crippen LogP contribution in [0.1, 0.15) is 46.5 Å². The van der Waals surface area contributed by atoms with E-state index in [0.29, 0.717) is 26.3 Å². The first-order valence-electron chi connectivity index (χ1n) is 7.99. The summed E-state index contributed by atoms with van der Waals surface area (Å²) in [6.45, 7) is 9.48. The molecule has 0 amide bonds. The molecule has 1 heterocycles. The van der Waals surface area contributed by atoms with Crippen molar-refractivity contribution in [3.8, 4) is 0 Å². The third-order valence-corrected chi connectivity index (χ3v) is 6.13. The highest BCUT2D eigenvalue weighted by molar-refractivity contribution is 7.54. The first-order valence-corrected chi connectivity index (χ1v) is 9.52. The van der Waals surface area contributed by atoms with Gasteiger partial charge in [-0.05, 0) is 26.2 Å². The molecule has 1 atom stereocenters. The molecule has 0 radical (unpaired) electrons. The van der Waals surface area contributed by atoms with Crippen molar-refractivity contribution < 1.29 is 18.6 Å². The van der Waals surface area contributed by atoms with Crippen LogP contribution in [0.4, 0.5) is 0 Å². The van der Waals surface area contributed by atoms with Crippen LogP contribution in [0, 0.1) is 0 Å². The third kappa shape index (κ3) is 5.37. The van der Waals surface area contributed by atoms with Crippen molar-refractivity contribution in [1.29, 1.82) is 0 Å². The van der Waals surface area contributed by atoms with E-state index < -0.39 is 7.67 Å². The predicted octanol–water partition coefficient (Wildman–Crippen LogP) is 2.89. The van der Waals surface area contributed by atoms with E-state index in [-0.39, 0.29) is 12.4 Å². The summed E-state index contributed by atoms with van der Waals surface area (Å²) in [4.78, 5) is 11.5. The van der Waals surface area contributed by atoms with Crippen LogP contribution in [0.3, 0.4) is 0 Å². The van der Waals surface area contributed by atoms with Crippen LogP contribution in [-0.4, -0.2) is 54.7 Å². The second-order valence-electron chi connectivity index (χ2n) is 5.14. The van der Waals surface area contributed by atoms with Crippen molar-refractivity contribution in [3.05, 3.63) is 0 Å². The Morgan fingerprint density at radius 3 is 2.52 bits per heavy atom. The molecule has 0 aromatic rings. The molecular weight excluding hydrogens is 291 g/mol. The maximum Gasteiger partial charge on any atom is 0.346 e. The number of nitrogens with zero attached hydrogens (tertiary/aromatic N) is 2. The Labute approximate surface area is 128 Å². The largest absolute Gasteiger partial charge is 0.466 e. The molecule has 21 heavy (non-hydrogen) atoms. The van der Waals surface area contributed by atoms with Gasteiger partial charge in [0.05, 0.1) is 19.6 Å². The van der Waals surface area contributed by atoms with Crippen LogP contribution in [0.15, 0.2) is 0 Å². The number of hydrogen-bond acceptors (Lipinski definition) is 4. The standard InChI is InChI=1S/C14H29N2O4P/c1-4-9-15(10-5-2)21(18)16(11-7-13-20-21)12-8-14(17)19-6-3/h4-13H2,1-3H3. The molecule has 1 rings (SSSR count). The predicted molar refractivity (Wildman–Crippen MR) is 83.2 cm³/mol. The zero-order chi connectivity index (χ0) is 15.7. The molecule has 124 valence electrons. The highest BCUT2D eigenvalue weighted by Crippen LogP contribution is 2.56. The number of carbonyl (C=O) groups is 1. The van der Waals surface area contributed by atoms with Gasteiger partial charge in [0.1, 0.15) is 0 Å². The summed E-state index contributed by atoms with van der Waals surface area (Å²) in [5.74, 6) is -0.243. The topological polar surface area (TPSA) is 59.1 Å². The van der Waals surface area contributed by atoms with Crippen molar-refractivity contribution in [3.63, 3.8) is 0 Å². The molecule has 0 saturated carbocycles. The second-order valence-corrected chi connectivity index (χ2v) is 7.51. The fourth-order valence-corrected chi connectivity index (χ4v) is 5.18. The van der Waals surface area contributed by atoms with Crippen molar-refractivity contribution in [2.75, 3.05) is 39.4 Å². The second kappa shape index (κ2) is 9.57. The average molecular weight is 320 g/mol. The van der Waals surface area contributed by atoms with Gasteiger partial charge in [0, 0.05) is 26.2 Å². The molecule has 0 aromatic carbocycles. The van der Waals surface area contributed by atoms with Gasteiger partial charge in [-0.25, -0.2) is 9.34 Å². The van der Waals surface area contributed by atoms with E-state index in [0.717, 1.165) is 32.4 Å². The van der Waals surface area contributed by atoms with Gasteiger partial charge < -0.3 is 9.26 Å². The van der Waals surface area contributed by atoms with Crippen LogP contribution in [0.25, 0.3) is 0 Å². The molecule has 1 aliphatic heterocycles. The first-order chi connectivity index (χ1) is 10.1. The van der Waals surface area contributed by atoms with Crippen LogP contribution in [0.5, 0.6) is 0 Å². The molecule has 0 spiro atoms. The van der Waals surface area contributed by atoms with Gasteiger partial charge in [-0.15, -0.1) is 0 Å². The molecule has 0 N–H and O–H groups in total. The van der Waals surface area contributed by atoms with E-state index in [4.69, 9.17) is 9.26 Å². The fraction of sp³-hybridized carbons (Fsp3) is 0.929. The highest BCUT2D eigenvalue weighted by Gasteiger charge is 2.40. The Hall–Kier alpha value is -0.420. The average Bonchev–Trinajstić information content (AvgIpc) is 2.46. The van der Waals surface area contributed by atoms with Crippen molar-refractivity contribution >= 4 is 13.6 Å². The van der Waals surface area contributed by atoms with Crippen LogP contribution in [-0.2, 0) is 18.6 Å². The Morgan fingerprint density at radius 1 is 1.29 bits per heavy atom. The minimum Gasteiger partial charge on any atom is -0.466 e. The molecule has 6 nitrogen and oxygen atoms in total. The number of esters is 1. The summed E-state index contributed by atoms with van der Waals surface area (Å²) >= 11 is 0. The van der Waals surface area contributed by atoms with E-state index >= 15 is 0 Å². The molecule has 1 aliphatic rings. The zero-order valence-corrected chi connectivity index (χ0v) is 14.4. The summed E-state index contributed by atoms with van der Waals surface area (Å²) < 4.78 is 27.7. The van der Waals surface area contributed by atoms with E-state index in [1.165, 1.54) is 0 Å². The lowest BCUT2D eigenvalue weighted by Gasteiger charge is -2.40. The number of ether oxygens (including phenoxy) is 1. The lowest BCUT2D eigenvalue weighted by atomic mass is 10.4. The molecule has 0 bridgehead atoms. The molecule has 1 saturated heterocycles. The smallest absolute Gasteiger partial charge is 0.346 e. The molecule has 0 aliphatic carbocycles. The summed E-state index contributed by atoms with van der Waals surface area (Å²) in [7, 11) is -2.98. The normalized spacial score (nSPS) is 23.4. The summed E-state index contributed by atoms with van der Waals surface area (Å²) in [6, 6.07) is 0. The lowest BCUT2D eigenvalue weighted by Crippen LogP contribution is -2.39. The van der Waals surface area contributed by atoms with Crippen LogP contribution < -0.4 is 0 Å². The van der Waals surface area contributed by atoms with E-state index in [9.17, 15) is 9.36 Å². The molecule has 0 aromatic heterocycles. The summed E-state index contributed by atoms with van der Waals surface area (Å²) in [5.41, 5.74) is 0. The van der Waals surface area contributed by atoms with Crippen LogP contribution in [0.2, 0.25) is 0 Å². The maximum atomic E-state index is 13.3. The Balaban J connectivity index is 2.73. The summed E-state index contributed by atoms with van der Waals surface area (Å²) in [5, 5.41) is 0. The van der Waals surface area contributed by atoms with Crippen molar-refractivity contribution in [2.45, 2.75) is 46.5 Å². The first kappa shape index (κ1) is 18.6. The van der Waals surface area contributed by atoms with Gasteiger partial charge >= 0.3 is 13.6 Å². The van der Waals surface area contributed by atoms with Gasteiger partial charge in [-0.1, -0.05) is 13.8 Å². The van der Waals surface area contributed by atoms with E-state index in [2.05, 4.69) is 13.8 Å². The molecular formula is C14H29N2O4P. The van der Waals surface area contributed by atoms with Gasteiger partial charge in [-0.3, -0.25) is 9.36 Å². The van der Waals surface area contributed by atoms with E-state index in [1.54, 1.807) is 6.92 Å². The lowest BCUT2D eigenvalue weighted by molar-refractivity contribution is -0.143. The van der Waals surface area contributed by atoms with Gasteiger partial charge in [0.25, 0.3) is 0 Å². The Kier molecular flexibility index (Phi) is 8.49. The van der Waals surface area contributed by atoms with E-state index in [1.807, 2.05) is 9.34 Å². The molecule has 1 unspecified atom stereocenters. The Bertz CT molecular complexity index is 359. The number of carbonyl (C=O) groups excluding carboxylic acids is 1. The molecule has 7 heteroatoms. The van der Waals surface area contributed by atoms with Crippen molar-refractivity contribution in [2.24, 2.45) is 0 Å². The Morgan fingerprint density at radius 2 is 1.95 bits per heavy atom. The zero-order valence-electron chi connectivity index (χ0n) is 13.5. The van der Waals surface area contributed by atoms with Crippen LogP contribution >= 0.6 is 7.67 Å². The number of hydrogen-bond donors (Lipinski definition) is 0. The minimum absolute atomic E-state index is 0.243. The van der Waals surface area contributed by atoms with Gasteiger partial charge in [0.2, 0.25) is 0 Å². The minimum atomic E-state index is -2.98. The molecule has 1 fully saturated rings. The SMILES string of the molecule is CCCN(CCC)P1(=O)OCCCN1CCC(=O)OCC. The van der Waals surface area contributed by atoms with Gasteiger partial charge in [0.15, 0.2) is 0 Å². The highest BCUT2D eigenvalue weighted by atomic mass is 31.2.